The van der Waals surface area contributed by atoms with Gasteiger partial charge < -0.3 is 30.3 Å². The number of nitrogens with two attached hydrogens (primary N) is 1. The van der Waals surface area contributed by atoms with E-state index >= 15 is 0 Å². The van der Waals surface area contributed by atoms with E-state index < -0.39 is 30.2 Å². The van der Waals surface area contributed by atoms with Crippen LogP contribution in [-0.2, 0) is 30.3 Å². The first kappa shape index (κ1) is 37.0. The summed E-state index contributed by atoms with van der Waals surface area (Å²) in [6.07, 6.45) is 1.80. The van der Waals surface area contributed by atoms with E-state index in [1.165, 1.54) is 0 Å². The molecule has 1 aliphatic rings. The van der Waals surface area contributed by atoms with E-state index in [9.17, 15) is 14.4 Å². The van der Waals surface area contributed by atoms with Crippen molar-refractivity contribution in [2.75, 3.05) is 27.8 Å². The zero-order chi connectivity index (χ0) is 34.0. The number of hydrogen-bond acceptors (Lipinski definition) is 9. The number of methoxy groups -OCH3 is 2. The predicted molar refractivity (Wildman–Crippen MR) is 174 cm³/mol. The van der Waals surface area contributed by atoms with Gasteiger partial charge in [0.1, 0.15) is 0 Å². The number of benzene rings is 1. The Labute approximate surface area is 273 Å². The number of aromatic amines is 1. The fraction of sp³-hybridized carbons (Fsp3) is 0.697. The Morgan fingerprint density at radius 1 is 1.13 bits per heavy atom. The van der Waals surface area contributed by atoms with Gasteiger partial charge in [-0.15, -0.1) is 5.10 Å². The maximum absolute atomic E-state index is 14.0. The number of likely N-dealkylation sites (N-methyl/N-ethyl adjacent to an activating group) is 1. The van der Waals surface area contributed by atoms with E-state index in [1.54, 1.807) is 26.2 Å². The van der Waals surface area contributed by atoms with E-state index in [-0.39, 0.29) is 48.1 Å². The van der Waals surface area contributed by atoms with Crippen molar-refractivity contribution in [3.63, 3.8) is 0 Å². The van der Waals surface area contributed by atoms with Gasteiger partial charge in [-0.05, 0) is 40.7 Å². The average Bonchev–Trinajstić information content (AvgIpc) is 3.77. The molecule has 0 unspecified atom stereocenters. The molecule has 1 aromatic carbocycles. The number of nitrogens with one attached hydrogen (secondary N) is 2. The van der Waals surface area contributed by atoms with Crippen molar-refractivity contribution in [3.8, 4) is 0 Å². The summed E-state index contributed by atoms with van der Waals surface area (Å²) in [5.74, 6) is -0.566. The number of aromatic nitrogens is 4. The monoisotopic (exact) mass is 642 g/mol. The topological polar surface area (TPSA) is 169 Å². The van der Waals surface area contributed by atoms with Crippen molar-refractivity contribution >= 4 is 17.7 Å². The van der Waals surface area contributed by atoms with Gasteiger partial charge in [0.25, 0.3) is 0 Å². The average molecular weight is 643 g/mol. The van der Waals surface area contributed by atoms with Crippen molar-refractivity contribution in [1.82, 2.24) is 35.7 Å². The first-order valence-corrected chi connectivity index (χ1v) is 16.4. The summed E-state index contributed by atoms with van der Waals surface area (Å²) < 4.78 is 11.9. The standard InChI is InChI=1S/C33H54N8O5/c1-9-21(4)29(40(6)33(44)28(34)20(2)3)26(45-7)19-27(42)41-17-13-16-25(41)30(46-8)22(5)32(43)35-24(31-36-38-39-37-31)18-23-14-11-10-12-15-23/h10-12,14-15,20-22,24-26,28-30H,9,13,16-19,34H2,1-8H3,(H,35,43)(H,36,37,38,39)/t21-,22+,24-,25-,26+,28-,29-,30+/m0/s1. The number of likely N-dealkylation sites (tertiary alicyclic amines) is 1. The highest BCUT2D eigenvalue weighted by Gasteiger charge is 2.42. The van der Waals surface area contributed by atoms with Gasteiger partial charge in [0, 0.05) is 34.2 Å². The van der Waals surface area contributed by atoms with Crippen LogP contribution >= 0.6 is 0 Å². The van der Waals surface area contributed by atoms with Gasteiger partial charge in [-0.1, -0.05) is 71.4 Å². The molecule has 0 bridgehead atoms. The number of nitrogens with zero attached hydrogens (tertiary/aromatic N) is 5. The van der Waals surface area contributed by atoms with Crippen molar-refractivity contribution in [2.45, 2.75) is 103 Å². The molecule has 13 nitrogen and oxygen atoms in total. The van der Waals surface area contributed by atoms with Gasteiger partial charge in [-0.2, -0.15) is 0 Å². The van der Waals surface area contributed by atoms with Crippen LogP contribution in [0.5, 0.6) is 0 Å². The van der Waals surface area contributed by atoms with Crippen molar-refractivity contribution in [3.05, 3.63) is 41.7 Å². The van der Waals surface area contributed by atoms with Gasteiger partial charge >= 0.3 is 0 Å². The smallest absolute Gasteiger partial charge is 0.239 e. The molecule has 0 spiro atoms. The van der Waals surface area contributed by atoms with Crippen LogP contribution in [0.4, 0.5) is 0 Å². The third-order valence-corrected chi connectivity index (χ3v) is 9.55. The molecule has 8 atom stereocenters. The van der Waals surface area contributed by atoms with Crippen LogP contribution in [0.1, 0.15) is 77.7 Å². The lowest BCUT2D eigenvalue weighted by Crippen LogP contribution is -2.56. The Kier molecular flexibility index (Phi) is 14.1. The Morgan fingerprint density at radius 2 is 1.83 bits per heavy atom. The molecule has 1 saturated heterocycles. The molecule has 1 fully saturated rings. The molecule has 0 aliphatic carbocycles. The number of hydrogen-bond donors (Lipinski definition) is 3. The molecule has 13 heteroatoms. The molecule has 256 valence electrons. The van der Waals surface area contributed by atoms with Gasteiger partial charge in [-0.25, -0.2) is 5.10 Å². The van der Waals surface area contributed by atoms with E-state index in [1.807, 2.05) is 56.0 Å². The molecule has 0 radical (unpaired) electrons. The Morgan fingerprint density at radius 3 is 2.39 bits per heavy atom. The van der Waals surface area contributed by atoms with Crippen molar-refractivity contribution in [2.24, 2.45) is 23.5 Å². The maximum Gasteiger partial charge on any atom is 0.239 e. The van der Waals surface area contributed by atoms with Crippen LogP contribution in [0.25, 0.3) is 0 Å². The molecule has 3 rings (SSSR count). The quantitative estimate of drug-likeness (QED) is 0.235. The highest BCUT2D eigenvalue weighted by molar-refractivity contribution is 5.83. The maximum atomic E-state index is 14.0. The van der Waals surface area contributed by atoms with Gasteiger partial charge in [0.2, 0.25) is 17.7 Å². The Balaban J connectivity index is 1.75. The summed E-state index contributed by atoms with van der Waals surface area (Å²) in [6.45, 7) is 10.3. The third kappa shape index (κ3) is 9.10. The number of amides is 3. The summed E-state index contributed by atoms with van der Waals surface area (Å²) in [7, 11) is 4.90. The normalized spacial score (nSPS) is 19.6. The molecule has 4 N–H and O–H groups in total. The Hall–Kier alpha value is -3.42. The van der Waals surface area contributed by atoms with E-state index in [0.29, 0.717) is 25.2 Å². The van der Waals surface area contributed by atoms with Crippen molar-refractivity contribution < 1.29 is 23.9 Å². The minimum absolute atomic E-state index is 0.0216. The molecule has 0 saturated carbocycles. The van der Waals surface area contributed by atoms with Crippen molar-refractivity contribution in [1.29, 1.82) is 0 Å². The van der Waals surface area contributed by atoms with Crippen LogP contribution in [0.3, 0.4) is 0 Å². The van der Waals surface area contributed by atoms with Crippen LogP contribution in [0.2, 0.25) is 0 Å². The molecule has 2 heterocycles. The summed E-state index contributed by atoms with van der Waals surface area (Å²) in [6, 6.07) is 8.03. The highest BCUT2D eigenvalue weighted by Crippen LogP contribution is 2.30. The van der Waals surface area contributed by atoms with Gasteiger partial charge in [0.05, 0.1) is 48.7 Å². The molecule has 46 heavy (non-hydrogen) atoms. The van der Waals surface area contributed by atoms with E-state index in [4.69, 9.17) is 15.2 Å². The molecule has 1 aromatic heterocycles. The number of H-pyrrole nitrogens is 1. The van der Waals surface area contributed by atoms with Gasteiger partial charge in [0.15, 0.2) is 5.82 Å². The van der Waals surface area contributed by atoms with E-state index in [0.717, 1.165) is 18.4 Å². The fourth-order valence-corrected chi connectivity index (χ4v) is 6.51. The minimum Gasteiger partial charge on any atom is -0.379 e. The largest absolute Gasteiger partial charge is 0.379 e. The molecular formula is C33H54N8O5. The first-order chi connectivity index (χ1) is 21.9. The van der Waals surface area contributed by atoms with Crippen LogP contribution in [0, 0.1) is 17.8 Å². The second-order valence-electron chi connectivity index (χ2n) is 12.9. The second kappa shape index (κ2) is 17.5. The van der Waals surface area contributed by atoms with Crippen LogP contribution in [-0.4, -0.2) is 106 Å². The summed E-state index contributed by atoms with van der Waals surface area (Å²) in [5.41, 5.74) is 7.26. The number of carbonyl (C=O) groups is 3. The summed E-state index contributed by atoms with van der Waals surface area (Å²) in [5, 5.41) is 17.3. The highest BCUT2D eigenvalue weighted by atomic mass is 16.5. The molecular weight excluding hydrogens is 588 g/mol. The summed E-state index contributed by atoms with van der Waals surface area (Å²) in [4.78, 5) is 44.4. The Bertz CT molecular complexity index is 1230. The predicted octanol–water partition coefficient (Wildman–Crippen LogP) is 2.50. The SMILES string of the molecule is CC[C@H](C)[C@@H]([C@@H](CC(=O)N1CCC[C@H]1[C@H](OC)[C@@H](C)C(=O)N[C@@H](Cc1ccccc1)c1nnn[nH]1)OC)N(C)C(=O)[C@@H](N)C(C)C. The van der Waals surface area contributed by atoms with E-state index in [2.05, 4.69) is 39.8 Å². The first-order valence-electron chi connectivity index (χ1n) is 16.4. The number of rotatable bonds is 17. The number of ether oxygens (including phenoxy) is 2. The minimum atomic E-state index is -0.643. The summed E-state index contributed by atoms with van der Waals surface area (Å²) >= 11 is 0. The lowest BCUT2D eigenvalue weighted by Gasteiger charge is -2.40. The van der Waals surface area contributed by atoms with Crippen LogP contribution < -0.4 is 11.1 Å². The molecule has 3 amide bonds. The second-order valence-corrected chi connectivity index (χ2v) is 12.9. The zero-order valence-electron chi connectivity index (χ0n) is 28.7. The third-order valence-electron chi connectivity index (χ3n) is 9.55. The number of carbonyl (C=O) groups excluding carboxylic acids is 3. The lowest BCUT2D eigenvalue weighted by atomic mass is 9.89. The fourth-order valence-electron chi connectivity index (χ4n) is 6.51. The molecule has 1 aliphatic heterocycles. The molecule has 2 aromatic rings. The number of tetrazole rings is 1. The van der Waals surface area contributed by atoms with Gasteiger partial charge in [-0.3, -0.25) is 14.4 Å². The lowest BCUT2D eigenvalue weighted by molar-refractivity contribution is -0.146. The zero-order valence-corrected chi connectivity index (χ0v) is 28.7. The van der Waals surface area contributed by atoms with Crippen LogP contribution in [0.15, 0.2) is 30.3 Å².